The molecule has 0 aromatic carbocycles. The maximum Gasteiger partial charge on any atom is 0.0572 e. The van der Waals surface area contributed by atoms with Crippen LogP contribution in [0.15, 0.2) is 0 Å². The van der Waals surface area contributed by atoms with Gasteiger partial charge in [-0.2, -0.15) is 0 Å². The lowest BCUT2D eigenvalue weighted by Crippen LogP contribution is -2.47. The highest BCUT2D eigenvalue weighted by Gasteiger charge is 2.06. The molecular weight excluding hydrogens is 136 g/mol. The molecule has 11 heavy (non-hydrogen) atoms. The summed E-state index contributed by atoms with van der Waals surface area (Å²) in [7, 11) is 0. The fourth-order valence-electron chi connectivity index (χ4n) is 1.09. The zero-order valence-corrected chi connectivity index (χ0v) is 8.44. The number of rotatable bonds is 5. The number of hydrogen-bond donors (Lipinski definition) is 2. The molecule has 0 spiro atoms. The van der Waals surface area contributed by atoms with Crippen molar-refractivity contribution in [2.75, 3.05) is 0 Å². The Bertz CT molecular complexity index is 79.6. The molecule has 0 fully saturated rings. The van der Waals surface area contributed by atoms with E-state index in [1.807, 2.05) is 0 Å². The van der Waals surface area contributed by atoms with Crippen molar-refractivity contribution in [3.05, 3.63) is 0 Å². The van der Waals surface area contributed by atoms with E-state index in [0.717, 1.165) is 6.42 Å². The Morgan fingerprint density at radius 3 is 1.45 bits per heavy atom. The van der Waals surface area contributed by atoms with Crippen molar-refractivity contribution in [1.82, 2.24) is 10.6 Å². The summed E-state index contributed by atoms with van der Waals surface area (Å²) in [6.45, 7) is 10.9. The summed E-state index contributed by atoms with van der Waals surface area (Å²) in [5.74, 6) is 0. The molecule has 0 saturated heterocycles. The summed E-state index contributed by atoms with van der Waals surface area (Å²) < 4.78 is 0. The van der Waals surface area contributed by atoms with Gasteiger partial charge in [0.2, 0.25) is 0 Å². The Kier molecular flexibility index (Phi) is 5.51. The highest BCUT2D eigenvalue weighted by molar-refractivity contribution is 4.67. The van der Waals surface area contributed by atoms with Crippen LogP contribution in [0.3, 0.4) is 0 Å². The molecule has 0 bridgehead atoms. The maximum atomic E-state index is 3.45. The average Bonchev–Trinajstić information content (AvgIpc) is 1.84. The fourth-order valence-corrected chi connectivity index (χ4v) is 1.09. The van der Waals surface area contributed by atoms with Gasteiger partial charge in [-0.25, -0.2) is 0 Å². The molecule has 0 aliphatic rings. The van der Waals surface area contributed by atoms with E-state index in [1.165, 1.54) is 0 Å². The monoisotopic (exact) mass is 158 g/mol. The third-order valence-corrected chi connectivity index (χ3v) is 1.48. The van der Waals surface area contributed by atoms with Gasteiger partial charge in [0, 0.05) is 12.1 Å². The zero-order chi connectivity index (χ0) is 8.85. The Morgan fingerprint density at radius 2 is 1.27 bits per heavy atom. The summed E-state index contributed by atoms with van der Waals surface area (Å²) >= 11 is 0. The Labute approximate surface area is 70.8 Å². The van der Waals surface area contributed by atoms with E-state index in [4.69, 9.17) is 0 Å². The summed E-state index contributed by atoms with van der Waals surface area (Å²) in [6.07, 6.45) is 1.60. The molecule has 0 saturated carbocycles. The molecule has 0 atom stereocenters. The van der Waals surface area contributed by atoms with Crippen LogP contribution in [0.25, 0.3) is 0 Å². The predicted octanol–water partition coefficient (Wildman–Crippen LogP) is 1.72. The molecule has 2 heteroatoms. The van der Waals surface area contributed by atoms with E-state index in [0.29, 0.717) is 18.2 Å². The molecule has 0 radical (unpaired) electrons. The highest BCUT2D eigenvalue weighted by Crippen LogP contribution is 1.91. The first-order chi connectivity index (χ1) is 5.06. The molecule has 0 heterocycles. The van der Waals surface area contributed by atoms with Crippen molar-refractivity contribution in [3.8, 4) is 0 Å². The van der Waals surface area contributed by atoms with Crippen LogP contribution in [0.2, 0.25) is 0 Å². The van der Waals surface area contributed by atoms with E-state index in [1.54, 1.807) is 0 Å². The molecule has 0 unspecified atom stereocenters. The molecule has 0 rings (SSSR count). The van der Waals surface area contributed by atoms with Crippen LogP contribution < -0.4 is 10.6 Å². The van der Waals surface area contributed by atoms with Gasteiger partial charge < -0.3 is 0 Å². The lowest BCUT2D eigenvalue weighted by atomic mass is 10.3. The minimum Gasteiger partial charge on any atom is -0.300 e. The molecular formula is C9H22N2. The van der Waals surface area contributed by atoms with E-state index in [9.17, 15) is 0 Å². The summed E-state index contributed by atoms with van der Waals surface area (Å²) in [6, 6.07) is 1.12. The van der Waals surface area contributed by atoms with Crippen LogP contribution in [0.4, 0.5) is 0 Å². The molecule has 0 aliphatic carbocycles. The molecule has 2 N–H and O–H groups in total. The minimum absolute atomic E-state index is 0.468. The lowest BCUT2D eigenvalue weighted by molar-refractivity contribution is 0.358. The molecule has 2 nitrogen and oxygen atoms in total. The Morgan fingerprint density at radius 1 is 0.909 bits per heavy atom. The van der Waals surface area contributed by atoms with Crippen molar-refractivity contribution in [3.63, 3.8) is 0 Å². The van der Waals surface area contributed by atoms with Crippen LogP contribution in [0.1, 0.15) is 41.0 Å². The van der Waals surface area contributed by atoms with Crippen molar-refractivity contribution >= 4 is 0 Å². The summed E-state index contributed by atoms with van der Waals surface area (Å²) in [5, 5.41) is 6.90. The Hall–Kier alpha value is -0.0800. The van der Waals surface area contributed by atoms with Crippen molar-refractivity contribution in [2.45, 2.75) is 59.3 Å². The lowest BCUT2D eigenvalue weighted by Gasteiger charge is -2.23. The molecule has 0 aromatic rings. The summed E-state index contributed by atoms with van der Waals surface area (Å²) in [5.41, 5.74) is 0. The number of nitrogens with one attached hydrogen (secondary N) is 2. The van der Waals surface area contributed by atoms with Crippen molar-refractivity contribution in [2.24, 2.45) is 0 Å². The van der Waals surface area contributed by atoms with Crippen molar-refractivity contribution in [1.29, 1.82) is 0 Å². The van der Waals surface area contributed by atoms with Gasteiger partial charge in [-0.1, -0.05) is 6.92 Å². The van der Waals surface area contributed by atoms with Crippen LogP contribution in [0.5, 0.6) is 0 Å². The maximum absolute atomic E-state index is 3.45. The average molecular weight is 158 g/mol. The van der Waals surface area contributed by atoms with Gasteiger partial charge in [-0.15, -0.1) is 0 Å². The first kappa shape index (κ1) is 10.9. The molecule has 68 valence electrons. The second-order valence-corrected chi connectivity index (χ2v) is 3.60. The van der Waals surface area contributed by atoms with E-state index < -0.39 is 0 Å². The van der Waals surface area contributed by atoms with E-state index >= 15 is 0 Å². The Balaban J connectivity index is 3.58. The van der Waals surface area contributed by atoms with Gasteiger partial charge in [-0.05, 0) is 34.1 Å². The first-order valence-corrected chi connectivity index (χ1v) is 4.58. The standard InChI is InChI=1S/C9H22N2/c1-6-9(10-7(2)3)11-8(4)5/h7-11H,6H2,1-5H3. The third-order valence-electron chi connectivity index (χ3n) is 1.48. The zero-order valence-electron chi connectivity index (χ0n) is 8.44. The van der Waals surface area contributed by atoms with Gasteiger partial charge in [0.15, 0.2) is 0 Å². The predicted molar refractivity (Wildman–Crippen MR) is 50.6 cm³/mol. The van der Waals surface area contributed by atoms with Crippen molar-refractivity contribution < 1.29 is 0 Å². The topological polar surface area (TPSA) is 24.1 Å². The largest absolute Gasteiger partial charge is 0.300 e. The minimum atomic E-state index is 0.468. The van der Waals surface area contributed by atoms with Gasteiger partial charge >= 0.3 is 0 Å². The second-order valence-electron chi connectivity index (χ2n) is 3.60. The van der Waals surface area contributed by atoms with Crippen LogP contribution in [-0.4, -0.2) is 18.2 Å². The fraction of sp³-hybridized carbons (Fsp3) is 1.00. The van der Waals surface area contributed by atoms with Gasteiger partial charge in [0.05, 0.1) is 6.17 Å². The summed E-state index contributed by atoms with van der Waals surface area (Å²) in [4.78, 5) is 0. The van der Waals surface area contributed by atoms with Gasteiger partial charge in [0.25, 0.3) is 0 Å². The second kappa shape index (κ2) is 5.56. The molecule has 0 aliphatic heterocycles. The smallest absolute Gasteiger partial charge is 0.0572 e. The van der Waals surface area contributed by atoms with Crippen LogP contribution in [-0.2, 0) is 0 Å². The van der Waals surface area contributed by atoms with Crippen LogP contribution in [0, 0.1) is 0 Å². The number of hydrogen-bond acceptors (Lipinski definition) is 2. The molecule has 0 aromatic heterocycles. The first-order valence-electron chi connectivity index (χ1n) is 4.58. The van der Waals surface area contributed by atoms with Gasteiger partial charge in [-0.3, -0.25) is 10.6 Å². The van der Waals surface area contributed by atoms with E-state index in [-0.39, 0.29) is 0 Å². The highest BCUT2D eigenvalue weighted by atomic mass is 15.1. The third kappa shape index (κ3) is 6.32. The van der Waals surface area contributed by atoms with E-state index in [2.05, 4.69) is 45.3 Å². The molecule has 0 amide bonds. The normalized spacial score (nSPS) is 12.0. The SMILES string of the molecule is CCC(NC(C)C)NC(C)C. The van der Waals surface area contributed by atoms with Gasteiger partial charge in [0.1, 0.15) is 0 Å². The quantitative estimate of drug-likeness (QED) is 0.595. The van der Waals surface area contributed by atoms with Crippen LogP contribution >= 0.6 is 0 Å².